The van der Waals surface area contributed by atoms with Crippen molar-refractivity contribution in [3.63, 3.8) is 0 Å². The van der Waals surface area contributed by atoms with Crippen molar-refractivity contribution in [2.24, 2.45) is 5.92 Å². The summed E-state index contributed by atoms with van der Waals surface area (Å²) in [4.78, 5) is 0. The van der Waals surface area contributed by atoms with Gasteiger partial charge in [-0.15, -0.1) is 6.58 Å². The third-order valence-corrected chi connectivity index (χ3v) is 7.15. The standard InChI is InChI=1S/C31H34O4/c1-2-9-26-16-17-31(34-18-19-35-31)21-29(26)28-15-14-27(32-22-24-10-5-3-6-11-24)20-30(28)33-23-25-12-7-4-8-13-25/h2-8,10-15,20,26,29H,1,9,16-19,21-23H2/t26-,29-/m1/s1. The lowest BCUT2D eigenvalue weighted by Crippen LogP contribution is -2.39. The van der Waals surface area contributed by atoms with E-state index in [1.807, 2.05) is 48.5 Å². The summed E-state index contributed by atoms with van der Waals surface area (Å²) in [6, 6.07) is 26.8. The van der Waals surface area contributed by atoms with Gasteiger partial charge in [0.1, 0.15) is 24.7 Å². The molecule has 1 heterocycles. The molecule has 1 aliphatic carbocycles. The molecule has 0 unspecified atom stereocenters. The Morgan fingerprint density at radius 3 is 2.17 bits per heavy atom. The minimum absolute atomic E-state index is 0.258. The Morgan fingerprint density at radius 1 is 0.857 bits per heavy atom. The van der Waals surface area contributed by atoms with Crippen LogP contribution in [0.2, 0.25) is 0 Å². The van der Waals surface area contributed by atoms with E-state index in [9.17, 15) is 0 Å². The second-order valence-electron chi connectivity index (χ2n) is 9.49. The monoisotopic (exact) mass is 470 g/mol. The van der Waals surface area contributed by atoms with Crippen molar-refractivity contribution in [3.05, 3.63) is 108 Å². The van der Waals surface area contributed by atoms with Crippen LogP contribution in [0.5, 0.6) is 11.5 Å². The van der Waals surface area contributed by atoms with Crippen LogP contribution in [0, 0.1) is 5.92 Å². The molecule has 4 nitrogen and oxygen atoms in total. The first kappa shape index (κ1) is 23.7. The van der Waals surface area contributed by atoms with Gasteiger partial charge in [-0.25, -0.2) is 0 Å². The normalized spacial score (nSPS) is 21.0. The molecule has 35 heavy (non-hydrogen) atoms. The molecule has 1 aliphatic heterocycles. The highest BCUT2D eigenvalue weighted by Gasteiger charge is 2.45. The number of benzene rings is 3. The third-order valence-electron chi connectivity index (χ3n) is 7.15. The molecule has 0 amide bonds. The van der Waals surface area contributed by atoms with Crippen LogP contribution in [0.4, 0.5) is 0 Å². The average molecular weight is 471 g/mol. The maximum Gasteiger partial charge on any atom is 0.169 e. The summed E-state index contributed by atoms with van der Waals surface area (Å²) in [5.41, 5.74) is 3.47. The maximum atomic E-state index is 6.46. The van der Waals surface area contributed by atoms with E-state index >= 15 is 0 Å². The van der Waals surface area contributed by atoms with Gasteiger partial charge in [0.05, 0.1) is 13.2 Å². The number of ether oxygens (including phenoxy) is 4. The molecule has 0 aromatic heterocycles. The summed E-state index contributed by atoms with van der Waals surface area (Å²) in [7, 11) is 0. The second-order valence-corrected chi connectivity index (χ2v) is 9.49. The highest BCUT2D eigenvalue weighted by Crippen LogP contribution is 2.50. The Bertz CT molecular complexity index is 1090. The van der Waals surface area contributed by atoms with E-state index < -0.39 is 5.79 Å². The lowest BCUT2D eigenvalue weighted by Gasteiger charge is -2.41. The van der Waals surface area contributed by atoms with Crippen LogP contribution in [0.15, 0.2) is 91.5 Å². The summed E-state index contributed by atoms with van der Waals surface area (Å²) in [6.07, 6.45) is 5.80. The highest BCUT2D eigenvalue weighted by atomic mass is 16.7. The van der Waals surface area contributed by atoms with Crippen LogP contribution < -0.4 is 9.47 Å². The summed E-state index contributed by atoms with van der Waals surface area (Å²) < 4.78 is 24.9. The predicted molar refractivity (Wildman–Crippen MR) is 138 cm³/mol. The molecule has 1 spiro atoms. The fourth-order valence-corrected chi connectivity index (χ4v) is 5.34. The molecule has 0 radical (unpaired) electrons. The van der Waals surface area contributed by atoms with Crippen molar-refractivity contribution >= 4 is 0 Å². The lowest BCUT2D eigenvalue weighted by molar-refractivity contribution is -0.187. The Kier molecular flexibility index (Phi) is 7.51. The van der Waals surface area contributed by atoms with Crippen molar-refractivity contribution in [2.45, 2.75) is 50.6 Å². The molecule has 2 fully saturated rings. The summed E-state index contributed by atoms with van der Waals surface area (Å²) >= 11 is 0. The van der Waals surface area contributed by atoms with E-state index in [1.54, 1.807) is 0 Å². The fourth-order valence-electron chi connectivity index (χ4n) is 5.34. The average Bonchev–Trinajstić information content (AvgIpc) is 3.36. The molecule has 182 valence electrons. The summed E-state index contributed by atoms with van der Waals surface area (Å²) in [5, 5.41) is 0. The first-order chi connectivity index (χ1) is 17.2. The van der Waals surface area contributed by atoms with Gasteiger partial charge in [0.2, 0.25) is 0 Å². The summed E-state index contributed by atoms with van der Waals surface area (Å²) in [5.74, 6) is 1.94. The molecule has 3 aromatic rings. The van der Waals surface area contributed by atoms with E-state index in [4.69, 9.17) is 18.9 Å². The van der Waals surface area contributed by atoms with Crippen LogP contribution in [0.3, 0.4) is 0 Å². The number of hydrogen-bond donors (Lipinski definition) is 0. The minimum Gasteiger partial charge on any atom is -0.489 e. The van der Waals surface area contributed by atoms with Gasteiger partial charge in [-0.3, -0.25) is 0 Å². The number of allylic oxidation sites excluding steroid dienone is 1. The molecule has 0 N–H and O–H groups in total. The third kappa shape index (κ3) is 5.77. The van der Waals surface area contributed by atoms with Crippen molar-refractivity contribution in [3.8, 4) is 11.5 Å². The largest absolute Gasteiger partial charge is 0.489 e. The second kappa shape index (κ2) is 11.1. The minimum atomic E-state index is -0.471. The summed E-state index contributed by atoms with van der Waals surface area (Å²) in [6.45, 7) is 6.39. The Labute approximate surface area is 208 Å². The molecule has 0 bridgehead atoms. The van der Waals surface area contributed by atoms with Gasteiger partial charge in [0.25, 0.3) is 0 Å². The van der Waals surface area contributed by atoms with E-state index in [0.29, 0.717) is 32.3 Å². The van der Waals surface area contributed by atoms with Crippen LogP contribution >= 0.6 is 0 Å². The zero-order valence-electron chi connectivity index (χ0n) is 20.2. The van der Waals surface area contributed by atoms with Crippen molar-refractivity contribution in [1.82, 2.24) is 0 Å². The van der Waals surface area contributed by atoms with Gasteiger partial charge in [-0.1, -0.05) is 72.8 Å². The molecule has 2 aliphatic rings. The van der Waals surface area contributed by atoms with Gasteiger partial charge in [0.15, 0.2) is 5.79 Å². The predicted octanol–water partition coefficient (Wildman–Crippen LogP) is 7.05. The van der Waals surface area contributed by atoms with Crippen molar-refractivity contribution < 1.29 is 18.9 Å². The molecule has 5 rings (SSSR count). The van der Waals surface area contributed by atoms with E-state index in [2.05, 4.69) is 43.0 Å². The molecular weight excluding hydrogens is 436 g/mol. The quantitative estimate of drug-likeness (QED) is 0.314. The zero-order valence-corrected chi connectivity index (χ0v) is 20.2. The van der Waals surface area contributed by atoms with Crippen molar-refractivity contribution in [2.75, 3.05) is 13.2 Å². The first-order valence-corrected chi connectivity index (χ1v) is 12.6. The van der Waals surface area contributed by atoms with Gasteiger partial charge >= 0.3 is 0 Å². The SMILES string of the molecule is C=CC[C@@H]1CCC2(C[C@H]1c1ccc(OCc3ccccc3)cc1OCc1ccccc1)OCCO2. The highest BCUT2D eigenvalue weighted by molar-refractivity contribution is 5.44. The number of rotatable bonds is 9. The Morgan fingerprint density at radius 2 is 1.51 bits per heavy atom. The maximum absolute atomic E-state index is 6.46. The van der Waals surface area contributed by atoms with Crippen LogP contribution in [0.25, 0.3) is 0 Å². The van der Waals surface area contributed by atoms with Gasteiger partial charge < -0.3 is 18.9 Å². The molecule has 1 saturated carbocycles. The fraction of sp³-hybridized carbons (Fsp3) is 0.355. The molecule has 2 atom stereocenters. The molecule has 1 saturated heterocycles. The van der Waals surface area contributed by atoms with Crippen LogP contribution in [-0.2, 0) is 22.7 Å². The van der Waals surface area contributed by atoms with Crippen molar-refractivity contribution in [1.29, 1.82) is 0 Å². The Balaban J connectivity index is 1.43. The van der Waals surface area contributed by atoms with E-state index in [0.717, 1.165) is 48.3 Å². The van der Waals surface area contributed by atoms with Gasteiger partial charge in [0, 0.05) is 18.9 Å². The molecule has 3 aromatic carbocycles. The smallest absolute Gasteiger partial charge is 0.169 e. The van der Waals surface area contributed by atoms with Gasteiger partial charge in [-0.2, -0.15) is 0 Å². The van der Waals surface area contributed by atoms with Crippen LogP contribution in [-0.4, -0.2) is 19.0 Å². The van der Waals surface area contributed by atoms with E-state index in [1.165, 1.54) is 5.56 Å². The molecular formula is C31H34O4. The van der Waals surface area contributed by atoms with E-state index in [-0.39, 0.29) is 5.92 Å². The van der Waals surface area contributed by atoms with Gasteiger partial charge in [-0.05, 0) is 47.4 Å². The number of hydrogen-bond acceptors (Lipinski definition) is 4. The first-order valence-electron chi connectivity index (χ1n) is 12.6. The zero-order chi connectivity index (χ0) is 23.9. The lowest BCUT2D eigenvalue weighted by atomic mass is 9.71. The Hall–Kier alpha value is -3.08. The molecule has 4 heteroatoms. The topological polar surface area (TPSA) is 36.9 Å². The van der Waals surface area contributed by atoms with Crippen LogP contribution in [0.1, 0.15) is 48.3 Å².